The molecule has 96 valence electrons. The fourth-order valence-corrected chi connectivity index (χ4v) is 3.35. The molecule has 0 saturated heterocycles. The molecule has 0 amide bonds. The molecule has 1 saturated carbocycles. The number of furan rings is 1. The summed E-state index contributed by atoms with van der Waals surface area (Å²) in [5.74, 6) is 1.47. The third kappa shape index (κ3) is 2.29. The van der Waals surface area contributed by atoms with Crippen molar-refractivity contribution in [1.29, 1.82) is 0 Å². The van der Waals surface area contributed by atoms with Crippen molar-refractivity contribution in [3.8, 4) is 0 Å². The van der Waals surface area contributed by atoms with E-state index in [0.717, 1.165) is 24.2 Å². The second-order valence-electron chi connectivity index (χ2n) is 5.45. The standard InChI is InChI=1S/C16H19ClO/c1-11-7-8-15-12(9-11)10-16(18-15)13-5-3-2-4-6-14(13)17/h7-10,13-14H,2-6H2,1H3. The van der Waals surface area contributed by atoms with E-state index in [2.05, 4.69) is 31.2 Å². The zero-order valence-electron chi connectivity index (χ0n) is 10.8. The Hall–Kier alpha value is -0.950. The summed E-state index contributed by atoms with van der Waals surface area (Å²) in [5.41, 5.74) is 2.27. The molecular formula is C16H19ClO. The van der Waals surface area contributed by atoms with Crippen LogP contribution in [0.25, 0.3) is 11.0 Å². The molecule has 3 rings (SSSR count). The summed E-state index contributed by atoms with van der Waals surface area (Å²) in [5, 5.41) is 1.44. The van der Waals surface area contributed by atoms with Crippen LogP contribution in [0.5, 0.6) is 0 Å². The summed E-state index contributed by atoms with van der Waals surface area (Å²) < 4.78 is 6.00. The lowest BCUT2D eigenvalue weighted by Crippen LogP contribution is -2.10. The Kier molecular flexibility index (Phi) is 3.34. The summed E-state index contributed by atoms with van der Waals surface area (Å²) in [6.45, 7) is 2.11. The predicted octanol–water partition coefficient (Wildman–Crippen LogP) is 5.40. The van der Waals surface area contributed by atoms with Gasteiger partial charge in [-0.2, -0.15) is 0 Å². The molecule has 1 fully saturated rings. The summed E-state index contributed by atoms with van der Waals surface area (Å²) >= 11 is 6.52. The van der Waals surface area contributed by atoms with Crippen molar-refractivity contribution in [3.63, 3.8) is 0 Å². The maximum absolute atomic E-state index is 6.52. The molecule has 1 aliphatic rings. The minimum Gasteiger partial charge on any atom is -0.461 e. The first-order chi connectivity index (χ1) is 8.74. The number of alkyl halides is 1. The van der Waals surface area contributed by atoms with Gasteiger partial charge < -0.3 is 4.42 Å². The van der Waals surface area contributed by atoms with Crippen LogP contribution in [-0.2, 0) is 0 Å². The Bertz CT molecular complexity index is 543. The highest BCUT2D eigenvalue weighted by Gasteiger charge is 2.26. The average molecular weight is 263 g/mol. The van der Waals surface area contributed by atoms with E-state index >= 15 is 0 Å². The fraction of sp³-hybridized carbons (Fsp3) is 0.500. The maximum atomic E-state index is 6.52. The molecule has 1 aromatic carbocycles. The lowest BCUT2D eigenvalue weighted by molar-refractivity contribution is 0.460. The van der Waals surface area contributed by atoms with Gasteiger partial charge in [-0.3, -0.25) is 0 Å². The van der Waals surface area contributed by atoms with Gasteiger partial charge >= 0.3 is 0 Å². The van der Waals surface area contributed by atoms with E-state index in [9.17, 15) is 0 Å². The highest BCUT2D eigenvalue weighted by Crippen LogP contribution is 2.37. The van der Waals surface area contributed by atoms with E-state index < -0.39 is 0 Å². The van der Waals surface area contributed by atoms with Gasteiger partial charge in [-0.05, 0) is 38.0 Å². The Morgan fingerprint density at radius 1 is 1.11 bits per heavy atom. The molecule has 0 aliphatic heterocycles. The molecule has 1 aromatic heterocycles. The first kappa shape index (κ1) is 12.1. The van der Waals surface area contributed by atoms with Crippen LogP contribution in [0, 0.1) is 6.92 Å². The quantitative estimate of drug-likeness (QED) is 0.496. The monoisotopic (exact) mass is 262 g/mol. The van der Waals surface area contributed by atoms with E-state index in [1.807, 2.05) is 0 Å². The molecule has 1 nitrogen and oxygen atoms in total. The zero-order valence-corrected chi connectivity index (χ0v) is 11.5. The van der Waals surface area contributed by atoms with E-state index in [-0.39, 0.29) is 5.38 Å². The van der Waals surface area contributed by atoms with Gasteiger partial charge in [0.2, 0.25) is 0 Å². The molecule has 2 unspecified atom stereocenters. The molecule has 0 radical (unpaired) electrons. The van der Waals surface area contributed by atoms with E-state index in [4.69, 9.17) is 16.0 Å². The maximum Gasteiger partial charge on any atom is 0.134 e. The van der Waals surface area contributed by atoms with Gasteiger partial charge in [0.15, 0.2) is 0 Å². The SMILES string of the molecule is Cc1ccc2oc(C3CCCCCC3Cl)cc2c1. The number of hydrogen-bond acceptors (Lipinski definition) is 1. The van der Waals surface area contributed by atoms with Crippen molar-refractivity contribution >= 4 is 22.6 Å². The largest absolute Gasteiger partial charge is 0.461 e. The fourth-order valence-electron chi connectivity index (χ4n) is 2.95. The van der Waals surface area contributed by atoms with Crippen molar-refractivity contribution in [2.75, 3.05) is 0 Å². The summed E-state index contributed by atoms with van der Waals surface area (Å²) in [7, 11) is 0. The van der Waals surface area contributed by atoms with Gasteiger partial charge in [0, 0.05) is 16.7 Å². The number of halogens is 1. The normalized spacial score (nSPS) is 25.2. The van der Waals surface area contributed by atoms with E-state index in [0.29, 0.717) is 5.92 Å². The molecule has 2 atom stereocenters. The molecular weight excluding hydrogens is 244 g/mol. The summed E-state index contributed by atoms with van der Waals surface area (Å²) in [6.07, 6.45) is 6.10. The third-order valence-corrected chi connectivity index (χ3v) is 4.51. The number of aryl methyl sites for hydroxylation is 1. The molecule has 1 heterocycles. The third-order valence-electron chi connectivity index (χ3n) is 3.99. The second-order valence-corrected chi connectivity index (χ2v) is 6.01. The summed E-state index contributed by atoms with van der Waals surface area (Å²) in [4.78, 5) is 0. The van der Waals surface area contributed by atoms with Gasteiger partial charge in [0.25, 0.3) is 0 Å². The first-order valence-corrected chi connectivity index (χ1v) is 7.32. The Morgan fingerprint density at radius 2 is 1.94 bits per heavy atom. The Balaban J connectivity index is 1.97. The van der Waals surface area contributed by atoms with Crippen molar-refractivity contribution in [3.05, 3.63) is 35.6 Å². The molecule has 0 N–H and O–H groups in total. The number of benzene rings is 1. The second kappa shape index (κ2) is 4.97. The van der Waals surface area contributed by atoms with Crippen LogP contribution in [-0.4, -0.2) is 5.38 Å². The molecule has 0 bridgehead atoms. The highest BCUT2D eigenvalue weighted by molar-refractivity contribution is 6.21. The molecule has 18 heavy (non-hydrogen) atoms. The van der Waals surface area contributed by atoms with Crippen LogP contribution in [0.2, 0.25) is 0 Å². The molecule has 2 heteroatoms. The van der Waals surface area contributed by atoms with Gasteiger partial charge in [-0.15, -0.1) is 11.6 Å². The first-order valence-electron chi connectivity index (χ1n) is 6.88. The Morgan fingerprint density at radius 3 is 2.83 bits per heavy atom. The number of rotatable bonds is 1. The van der Waals surface area contributed by atoms with Crippen LogP contribution < -0.4 is 0 Å². The van der Waals surface area contributed by atoms with Crippen LogP contribution in [0.4, 0.5) is 0 Å². The smallest absolute Gasteiger partial charge is 0.134 e. The minimum absolute atomic E-state index is 0.231. The van der Waals surface area contributed by atoms with Crippen molar-refractivity contribution in [2.45, 2.75) is 50.3 Å². The lowest BCUT2D eigenvalue weighted by Gasteiger charge is -2.16. The van der Waals surface area contributed by atoms with E-state index in [1.54, 1.807) is 0 Å². The van der Waals surface area contributed by atoms with Crippen LogP contribution >= 0.6 is 11.6 Å². The van der Waals surface area contributed by atoms with Gasteiger partial charge in [0.1, 0.15) is 11.3 Å². The zero-order chi connectivity index (χ0) is 12.5. The van der Waals surface area contributed by atoms with Crippen LogP contribution in [0.3, 0.4) is 0 Å². The van der Waals surface area contributed by atoms with Gasteiger partial charge in [-0.25, -0.2) is 0 Å². The van der Waals surface area contributed by atoms with Gasteiger partial charge in [0.05, 0.1) is 0 Å². The van der Waals surface area contributed by atoms with Crippen molar-refractivity contribution < 1.29 is 4.42 Å². The van der Waals surface area contributed by atoms with Crippen LogP contribution in [0.15, 0.2) is 28.7 Å². The lowest BCUT2D eigenvalue weighted by atomic mass is 9.97. The predicted molar refractivity (Wildman–Crippen MR) is 76.4 cm³/mol. The minimum atomic E-state index is 0.231. The number of hydrogen-bond donors (Lipinski definition) is 0. The highest BCUT2D eigenvalue weighted by atomic mass is 35.5. The van der Waals surface area contributed by atoms with Gasteiger partial charge in [-0.1, -0.05) is 30.9 Å². The Labute approximate surface area is 113 Å². The number of fused-ring (bicyclic) bond motifs is 1. The van der Waals surface area contributed by atoms with Crippen molar-refractivity contribution in [2.24, 2.45) is 0 Å². The van der Waals surface area contributed by atoms with Crippen LogP contribution in [0.1, 0.15) is 49.3 Å². The van der Waals surface area contributed by atoms with E-state index in [1.165, 1.54) is 30.2 Å². The molecule has 2 aromatic rings. The summed E-state index contributed by atoms with van der Waals surface area (Å²) in [6, 6.07) is 8.53. The molecule has 1 aliphatic carbocycles. The topological polar surface area (TPSA) is 13.1 Å². The average Bonchev–Trinajstić information content (AvgIpc) is 2.63. The molecule has 0 spiro atoms. The van der Waals surface area contributed by atoms with Crippen molar-refractivity contribution in [1.82, 2.24) is 0 Å².